The maximum Gasteiger partial charge on any atom is 0.00484 e. The fourth-order valence-corrected chi connectivity index (χ4v) is 2.60. The number of fused-ring (bicyclic) bond motifs is 1. The molecule has 0 aromatic carbocycles. The molecule has 0 bridgehead atoms. The molecule has 0 fully saturated rings. The first-order valence-corrected chi connectivity index (χ1v) is 5.01. The van der Waals surface area contributed by atoms with Crippen molar-refractivity contribution in [2.45, 2.75) is 6.92 Å². The van der Waals surface area contributed by atoms with Gasteiger partial charge >= 0.3 is 0 Å². The lowest BCUT2D eigenvalue weighted by Crippen LogP contribution is -2.16. The monoisotopic (exact) mass is 164 g/mol. The van der Waals surface area contributed by atoms with Gasteiger partial charge in [0.05, 0.1) is 0 Å². The molecule has 1 aliphatic carbocycles. The largest absolute Gasteiger partial charge is 0.131 e. The van der Waals surface area contributed by atoms with E-state index in [2.05, 4.69) is 37.3 Å². The zero-order valence-corrected chi connectivity index (χ0v) is 7.47. The fraction of sp³-hybridized carbons (Fsp3) is 0.400. The lowest BCUT2D eigenvalue weighted by molar-refractivity contribution is 0.608. The van der Waals surface area contributed by atoms with Crippen LogP contribution in [0.25, 0.3) is 0 Å². The molecule has 2 atom stereocenters. The molecular formula is C10H12S. The minimum Gasteiger partial charge on any atom is -0.131 e. The van der Waals surface area contributed by atoms with E-state index in [1.807, 2.05) is 11.8 Å². The van der Waals surface area contributed by atoms with Crippen LogP contribution >= 0.6 is 11.8 Å². The Morgan fingerprint density at radius 2 is 2.18 bits per heavy atom. The van der Waals surface area contributed by atoms with Crippen molar-refractivity contribution in [2.24, 2.45) is 11.8 Å². The average Bonchev–Trinajstić information content (AvgIpc) is 2.04. The van der Waals surface area contributed by atoms with Crippen molar-refractivity contribution in [3.63, 3.8) is 0 Å². The molecule has 0 amide bonds. The highest BCUT2D eigenvalue weighted by Crippen LogP contribution is 2.34. The first kappa shape index (κ1) is 7.23. The third-order valence-electron chi connectivity index (χ3n) is 2.23. The molecule has 0 aromatic rings. The molecule has 0 aromatic heterocycles. The molecule has 2 rings (SSSR count). The van der Waals surface area contributed by atoms with Crippen molar-refractivity contribution in [1.29, 1.82) is 0 Å². The summed E-state index contributed by atoms with van der Waals surface area (Å²) in [5, 5.41) is 0. The molecule has 11 heavy (non-hydrogen) atoms. The van der Waals surface area contributed by atoms with Crippen LogP contribution in [-0.2, 0) is 0 Å². The lowest BCUT2D eigenvalue weighted by Gasteiger charge is -2.25. The van der Waals surface area contributed by atoms with E-state index >= 15 is 0 Å². The van der Waals surface area contributed by atoms with Crippen molar-refractivity contribution in [3.05, 3.63) is 35.3 Å². The van der Waals surface area contributed by atoms with Crippen molar-refractivity contribution >= 4 is 11.8 Å². The van der Waals surface area contributed by atoms with Crippen LogP contribution in [0.15, 0.2) is 35.3 Å². The zero-order valence-electron chi connectivity index (χ0n) is 6.66. The maximum atomic E-state index is 2.37. The Labute approximate surface area is 72.1 Å². The maximum absolute atomic E-state index is 2.37. The van der Waals surface area contributed by atoms with Gasteiger partial charge in [-0.25, -0.2) is 0 Å². The van der Waals surface area contributed by atoms with Crippen molar-refractivity contribution in [1.82, 2.24) is 0 Å². The Kier molecular flexibility index (Phi) is 1.91. The number of rotatable bonds is 0. The van der Waals surface area contributed by atoms with Crippen LogP contribution < -0.4 is 0 Å². The fourth-order valence-electron chi connectivity index (χ4n) is 1.56. The second-order valence-corrected chi connectivity index (χ2v) is 4.37. The van der Waals surface area contributed by atoms with E-state index in [9.17, 15) is 0 Å². The Morgan fingerprint density at radius 3 is 3.09 bits per heavy atom. The Hall–Kier alpha value is -0.430. The van der Waals surface area contributed by atoms with E-state index < -0.39 is 0 Å². The van der Waals surface area contributed by atoms with E-state index in [0.717, 1.165) is 5.92 Å². The predicted octanol–water partition coefficient (Wildman–Crippen LogP) is 3.00. The van der Waals surface area contributed by atoms with Crippen LogP contribution in [0.1, 0.15) is 6.92 Å². The van der Waals surface area contributed by atoms with E-state index in [1.54, 1.807) is 0 Å². The highest BCUT2D eigenvalue weighted by atomic mass is 32.2. The van der Waals surface area contributed by atoms with Gasteiger partial charge < -0.3 is 0 Å². The van der Waals surface area contributed by atoms with Gasteiger partial charge in [0.1, 0.15) is 0 Å². The Bertz CT molecular complexity index is 235. The zero-order chi connectivity index (χ0) is 7.68. The summed E-state index contributed by atoms with van der Waals surface area (Å²) >= 11 is 1.98. The van der Waals surface area contributed by atoms with E-state index in [4.69, 9.17) is 0 Å². The van der Waals surface area contributed by atoms with Crippen LogP contribution in [0.3, 0.4) is 0 Å². The second kappa shape index (κ2) is 2.90. The van der Waals surface area contributed by atoms with Crippen LogP contribution in [0, 0.1) is 11.8 Å². The molecule has 58 valence electrons. The molecule has 0 saturated heterocycles. The Morgan fingerprint density at radius 1 is 1.36 bits per heavy atom. The van der Waals surface area contributed by atoms with Gasteiger partial charge in [0.25, 0.3) is 0 Å². The van der Waals surface area contributed by atoms with Gasteiger partial charge in [-0.2, -0.15) is 0 Å². The van der Waals surface area contributed by atoms with Gasteiger partial charge in [-0.15, -0.1) is 11.8 Å². The van der Waals surface area contributed by atoms with Crippen LogP contribution in [0.2, 0.25) is 0 Å². The molecule has 0 N–H and O–H groups in total. The molecule has 0 saturated carbocycles. The summed E-state index contributed by atoms with van der Waals surface area (Å²) in [4.78, 5) is 1.48. The first-order chi connectivity index (χ1) is 5.36. The predicted molar refractivity (Wildman–Crippen MR) is 51.5 cm³/mol. The van der Waals surface area contributed by atoms with Gasteiger partial charge in [0.15, 0.2) is 0 Å². The average molecular weight is 164 g/mol. The minimum atomic E-state index is 0.682. The summed E-state index contributed by atoms with van der Waals surface area (Å²) in [5.41, 5.74) is 0. The van der Waals surface area contributed by atoms with Crippen LogP contribution in [0.5, 0.6) is 0 Å². The third kappa shape index (κ3) is 1.43. The van der Waals surface area contributed by atoms with E-state index in [-0.39, 0.29) is 0 Å². The quantitative estimate of drug-likeness (QED) is 0.530. The summed E-state index contributed by atoms with van der Waals surface area (Å²) in [6.07, 6.45) is 11.3. The molecule has 0 nitrogen and oxygen atoms in total. The van der Waals surface area contributed by atoms with Crippen molar-refractivity contribution in [3.8, 4) is 0 Å². The smallest absolute Gasteiger partial charge is 0.00484 e. The highest BCUT2D eigenvalue weighted by molar-refractivity contribution is 8.03. The normalized spacial score (nSPS) is 34.8. The van der Waals surface area contributed by atoms with Gasteiger partial charge in [0.2, 0.25) is 0 Å². The number of thioether (sulfide) groups is 1. The van der Waals surface area contributed by atoms with Crippen LogP contribution in [0.4, 0.5) is 0 Å². The summed E-state index contributed by atoms with van der Waals surface area (Å²) in [5.74, 6) is 2.70. The third-order valence-corrected chi connectivity index (χ3v) is 3.37. The van der Waals surface area contributed by atoms with Gasteiger partial charge in [0, 0.05) is 11.7 Å². The minimum absolute atomic E-state index is 0.682. The topological polar surface area (TPSA) is 0 Å². The van der Waals surface area contributed by atoms with Crippen molar-refractivity contribution in [2.75, 3.05) is 5.75 Å². The molecule has 2 unspecified atom stereocenters. The van der Waals surface area contributed by atoms with Gasteiger partial charge in [-0.05, 0) is 17.7 Å². The first-order valence-electron chi connectivity index (χ1n) is 4.02. The molecule has 1 heterocycles. The number of hydrogen-bond donors (Lipinski definition) is 0. The lowest BCUT2D eigenvalue weighted by atomic mass is 9.89. The highest BCUT2D eigenvalue weighted by Gasteiger charge is 2.20. The van der Waals surface area contributed by atoms with Crippen LogP contribution in [-0.4, -0.2) is 5.75 Å². The number of allylic oxidation sites excluding steroid dienone is 6. The van der Waals surface area contributed by atoms with Gasteiger partial charge in [-0.3, -0.25) is 0 Å². The SMILES string of the molecule is CC1=CC2C=CC=CC2CS1. The molecular weight excluding hydrogens is 152 g/mol. The molecule has 1 aliphatic heterocycles. The summed E-state index contributed by atoms with van der Waals surface area (Å²) in [6.45, 7) is 2.20. The van der Waals surface area contributed by atoms with E-state index in [0.29, 0.717) is 5.92 Å². The summed E-state index contributed by atoms with van der Waals surface area (Å²) in [6, 6.07) is 0. The number of hydrogen-bond acceptors (Lipinski definition) is 1. The molecule has 1 heteroatoms. The summed E-state index contributed by atoms with van der Waals surface area (Å²) in [7, 11) is 0. The summed E-state index contributed by atoms with van der Waals surface area (Å²) < 4.78 is 0. The van der Waals surface area contributed by atoms with E-state index in [1.165, 1.54) is 10.7 Å². The molecule has 2 aliphatic rings. The van der Waals surface area contributed by atoms with Gasteiger partial charge in [-0.1, -0.05) is 30.4 Å². The molecule has 0 spiro atoms. The van der Waals surface area contributed by atoms with Crippen molar-refractivity contribution < 1.29 is 0 Å². The Balaban J connectivity index is 2.22. The second-order valence-electron chi connectivity index (χ2n) is 3.10. The standard InChI is InChI=1S/C10H12S/c1-8-6-9-4-2-3-5-10(9)7-11-8/h2-6,9-10H,7H2,1H3. The molecule has 0 radical (unpaired) electrons.